The van der Waals surface area contributed by atoms with Crippen LogP contribution in [0, 0.1) is 0 Å². The molecule has 130 valence electrons. The highest BCUT2D eigenvalue weighted by atomic mass is 35.5. The van der Waals surface area contributed by atoms with Crippen LogP contribution in [0.15, 0.2) is 60.8 Å². The number of fused-ring (bicyclic) bond motifs is 1. The average molecular weight is 357 g/mol. The van der Waals surface area contributed by atoms with Gasteiger partial charge in [0.15, 0.2) is 0 Å². The molecule has 1 heterocycles. The van der Waals surface area contributed by atoms with E-state index in [1.54, 1.807) is 13.1 Å². The smallest absolute Gasteiger partial charge is 0.341 e. The van der Waals surface area contributed by atoms with Gasteiger partial charge in [0.1, 0.15) is 5.56 Å². The average Bonchev–Trinajstić information content (AvgIpc) is 2.63. The Hall–Kier alpha value is -2.59. The van der Waals surface area contributed by atoms with E-state index in [-0.39, 0.29) is 18.4 Å². The first-order valence-corrected chi connectivity index (χ1v) is 8.12. The predicted octanol–water partition coefficient (Wildman–Crippen LogP) is 4.49. The topological polar surface area (TPSA) is 51.2 Å². The maximum Gasteiger partial charge on any atom is 0.341 e. The Bertz CT molecular complexity index is 837. The second-order valence-electron chi connectivity index (χ2n) is 5.45. The van der Waals surface area contributed by atoms with Gasteiger partial charge in [0.25, 0.3) is 0 Å². The molecule has 0 fully saturated rings. The Labute approximate surface area is 153 Å². The molecule has 4 nitrogen and oxygen atoms in total. The molecule has 0 aliphatic rings. The van der Waals surface area contributed by atoms with Crippen molar-refractivity contribution in [3.05, 3.63) is 71.9 Å². The van der Waals surface area contributed by atoms with Crippen molar-refractivity contribution in [3.63, 3.8) is 0 Å². The molecule has 5 heteroatoms. The van der Waals surface area contributed by atoms with Gasteiger partial charge in [-0.15, -0.1) is 12.4 Å². The van der Waals surface area contributed by atoms with Crippen LogP contribution in [0.1, 0.15) is 22.8 Å². The van der Waals surface area contributed by atoms with Crippen LogP contribution in [0.2, 0.25) is 0 Å². The number of esters is 1. The summed E-state index contributed by atoms with van der Waals surface area (Å²) in [5, 5.41) is 4.33. The second kappa shape index (κ2) is 9.04. The Kier molecular flexibility index (Phi) is 6.78. The first-order valence-electron chi connectivity index (χ1n) is 8.12. The molecule has 2 aromatic carbocycles. The summed E-state index contributed by atoms with van der Waals surface area (Å²) in [4.78, 5) is 16.6. The number of benzene rings is 2. The van der Waals surface area contributed by atoms with Crippen LogP contribution in [0.3, 0.4) is 0 Å². The Morgan fingerprint density at radius 1 is 1.08 bits per heavy atom. The lowest BCUT2D eigenvalue weighted by Gasteiger charge is -2.14. The minimum Gasteiger partial charge on any atom is -0.462 e. The molecule has 0 saturated heterocycles. The van der Waals surface area contributed by atoms with Crippen LogP contribution in [-0.2, 0) is 11.2 Å². The monoisotopic (exact) mass is 356 g/mol. The zero-order chi connectivity index (χ0) is 16.8. The molecule has 3 aromatic rings. The van der Waals surface area contributed by atoms with Crippen molar-refractivity contribution < 1.29 is 9.53 Å². The fourth-order valence-corrected chi connectivity index (χ4v) is 2.67. The van der Waals surface area contributed by atoms with E-state index in [4.69, 9.17) is 4.74 Å². The third kappa shape index (κ3) is 4.48. The van der Waals surface area contributed by atoms with Gasteiger partial charge in [-0.05, 0) is 25.0 Å². The normalized spacial score (nSPS) is 10.1. The number of carbonyl (C=O) groups is 1. The summed E-state index contributed by atoms with van der Waals surface area (Å²) in [6.45, 7) is 2.87. The van der Waals surface area contributed by atoms with Crippen molar-refractivity contribution in [2.24, 2.45) is 0 Å². The number of pyridine rings is 1. The van der Waals surface area contributed by atoms with Crippen LogP contribution in [-0.4, -0.2) is 24.1 Å². The standard InChI is InChI=1S/C20H20N2O2.ClH/c1-2-24-20(23)17-14-22-18-11-7-6-10-16(18)19(17)21-13-12-15-8-4-3-5-9-15;/h3-11,14H,2,12-13H2,1H3,(H,21,22);1H. The number of halogens is 1. The molecule has 0 atom stereocenters. The van der Waals surface area contributed by atoms with Gasteiger partial charge in [0.05, 0.1) is 17.8 Å². The Morgan fingerprint density at radius 2 is 1.80 bits per heavy atom. The molecule has 0 spiro atoms. The van der Waals surface area contributed by atoms with Crippen molar-refractivity contribution in [2.75, 3.05) is 18.5 Å². The van der Waals surface area contributed by atoms with Gasteiger partial charge in [-0.3, -0.25) is 4.98 Å². The molecule has 0 saturated carbocycles. The van der Waals surface area contributed by atoms with E-state index in [1.807, 2.05) is 42.5 Å². The summed E-state index contributed by atoms with van der Waals surface area (Å²) in [6, 6.07) is 18.0. The van der Waals surface area contributed by atoms with Crippen LogP contribution >= 0.6 is 12.4 Å². The molecule has 0 radical (unpaired) electrons. The quantitative estimate of drug-likeness (QED) is 0.661. The predicted molar refractivity (Wildman–Crippen MR) is 104 cm³/mol. The maximum absolute atomic E-state index is 12.2. The van der Waals surface area contributed by atoms with E-state index >= 15 is 0 Å². The molecule has 1 N–H and O–H groups in total. The largest absolute Gasteiger partial charge is 0.462 e. The van der Waals surface area contributed by atoms with Gasteiger partial charge in [-0.1, -0.05) is 48.5 Å². The van der Waals surface area contributed by atoms with Crippen molar-refractivity contribution >= 4 is 35.0 Å². The van der Waals surface area contributed by atoms with Crippen molar-refractivity contribution in [2.45, 2.75) is 13.3 Å². The van der Waals surface area contributed by atoms with Crippen LogP contribution in [0.4, 0.5) is 5.69 Å². The summed E-state index contributed by atoms with van der Waals surface area (Å²) in [6.07, 6.45) is 2.46. The number of carbonyl (C=O) groups excluding carboxylic acids is 1. The van der Waals surface area contributed by atoms with Gasteiger partial charge in [0.2, 0.25) is 0 Å². The van der Waals surface area contributed by atoms with E-state index in [2.05, 4.69) is 22.4 Å². The first-order chi connectivity index (χ1) is 11.8. The van der Waals surface area contributed by atoms with E-state index in [1.165, 1.54) is 5.56 Å². The lowest BCUT2D eigenvalue weighted by atomic mass is 10.1. The highest BCUT2D eigenvalue weighted by Crippen LogP contribution is 2.26. The SMILES string of the molecule is CCOC(=O)c1cnc2ccccc2c1NCCc1ccccc1.Cl. The number of nitrogens with zero attached hydrogens (tertiary/aromatic N) is 1. The number of para-hydroxylation sites is 1. The molecule has 3 rings (SSSR count). The Balaban J connectivity index is 0.00000225. The number of rotatable bonds is 6. The van der Waals surface area contributed by atoms with E-state index < -0.39 is 0 Å². The maximum atomic E-state index is 12.2. The second-order valence-corrected chi connectivity index (χ2v) is 5.45. The number of hydrogen-bond acceptors (Lipinski definition) is 4. The molecule has 0 aliphatic carbocycles. The number of nitrogens with one attached hydrogen (secondary N) is 1. The molecular formula is C20H21ClN2O2. The molecular weight excluding hydrogens is 336 g/mol. The molecule has 0 aliphatic heterocycles. The summed E-state index contributed by atoms with van der Waals surface area (Å²) >= 11 is 0. The highest BCUT2D eigenvalue weighted by molar-refractivity contribution is 6.04. The Morgan fingerprint density at radius 3 is 2.56 bits per heavy atom. The molecule has 1 aromatic heterocycles. The lowest BCUT2D eigenvalue weighted by Crippen LogP contribution is -2.13. The summed E-state index contributed by atoms with van der Waals surface area (Å²) in [5.74, 6) is -0.349. The number of hydrogen-bond donors (Lipinski definition) is 1. The molecule has 0 unspecified atom stereocenters. The molecule has 0 bridgehead atoms. The van der Waals surface area contributed by atoms with Gasteiger partial charge >= 0.3 is 5.97 Å². The van der Waals surface area contributed by atoms with Gasteiger partial charge in [-0.2, -0.15) is 0 Å². The first kappa shape index (κ1) is 18.7. The molecule has 25 heavy (non-hydrogen) atoms. The fraction of sp³-hybridized carbons (Fsp3) is 0.200. The summed E-state index contributed by atoms with van der Waals surface area (Å²) < 4.78 is 5.16. The zero-order valence-corrected chi connectivity index (χ0v) is 14.9. The van der Waals surface area contributed by atoms with Crippen molar-refractivity contribution in [1.82, 2.24) is 4.98 Å². The number of aromatic nitrogens is 1. The van der Waals surface area contributed by atoms with Crippen LogP contribution in [0.5, 0.6) is 0 Å². The van der Waals surface area contributed by atoms with Crippen molar-refractivity contribution in [3.8, 4) is 0 Å². The highest BCUT2D eigenvalue weighted by Gasteiger charge is 2.16. The molecule has 0 amide bonds. The minimum atomic E-state index is -0.349. The zero-order valence-electron chi connectivity index (χ0n) is 14.1. The minimum absolute atomic E-state index is 0. The van der Waals surface area contributed by atoms with Gasteiger partial charge in [0, 0.05) is 18.1 Å². The van der Waals surface area contributed by atoms with E-state index in [0.717, 1.165) is 29.6 Å². The van der Waals surface area contributed by atoms with Crippen molar-refractivity contribution in [1.29, 1.82) is 0 Å². The third-order valence-corrected chi connectivity index (χ3v) is 3.83. The summed E-state index contributed by atoms with van der Waals surface area (Å²) in [7, 11) is 0. The fourth-order valence-electron chi connectivity index (χ4n) is 2.67. The van der Waals surface area contributed by atoms with Crippen LogP contribution in [0.25, 0.3) is 10.9 Å². The summed E-state index contributed by atoms with van der Waals surface area (Å²) in [5.41, 5.74) is 3.37. The number of ether oxygens (including phenoxy) is 1. The van der Waals surface area contributed by atoms with E-state index in [0.29, 0.717) is 12.2 Å². The van der Waals surface area contributed by atoms with Crippen LogP contribution < -0.4 is 5.32 Å². The number of anilines is 1. The van der Waals surface area contributed by atoms with Gasteiger partial charge < -0.3 is 10.1 Å². The third-order valence-electron chi connectivity index (χ3n) is 3.83. The van der Waals surface area contributed by atoms with Gasteiger partial charge in [-0.25, -0.2) is 4.79 Å². The van der Waals surface area contributed by atoms with E-state index in [9.17, 15) is 4.79 Å². The lowest BCUT2D eigenvalue weighted by molar-refractivity contribution is 0.0527.